The minimum Gasteiger partial charge on any atom is -0.388 e. The Hall–Kier alpha value is -0.880. The minimum absolute atomic E-state index is 0.502. The fourth-order valence-electron chi connectivity index (χ4n) is 0.879. The van der Waals surface area contributed by atoms with E-state index >= 15 is 0 Å². The van der Waals surface area contributed by atoms with Gasteiger partial charge in [-0.1, -0.05) is 71.1 Å². The van der Waals surface area contributed by atoms with Crippen molar-refractivity contribution in [3.63, 3.8) is 0 Å². The van der Waals surface area contributed by atoms with Crippen LogP contribution in [0.2, 0.25) is 0 Å². The third-order valence-corrected chi connectivity index (χ3v) is 2.13. The molecule has 0 aliphatic rings. The van der Waals surface area contributed by atoms with E-state index in [0.29, 0.717) is 6.42 Å². The zero-order valence-electron chi connectivity index (χ0n) is 8.14. The van der Waals surface area contributed by atoms with E-state index in [1.165, 1.54) is 0 Å². The largest absolute Gasteiger partial charge is 0.388 e. The summed E-state index contributed by atoms with van der Waals surface area (Å²) < 4.78 is 2.79. The molecule has 5 heteroatoms. The van der Waals surface area contributed by atoms with E-state index in [-0.39, 0.29) is 0 Å². The first-order valence-electron chi connectivity index (χ1n) is 4.34. The molecule has 0 heterocycles. The second-order valence-corrected chi connectivity index (χ2v) is 5.15. The van der Waals surface area contributed by atoms with E-state index in [9.17, 15) is 0 Å². The maximum absolute atomic E-state index is 7.20. The molecule has 0 bridgehead atoms. The van der Waals surface area contributed by atoms with E-state index in [1.54, 1.807) is 0 Å². The quantitative estimate of drug-likeness (QED) is 0.362. The first kappa shape index (κ1) is 13.2. The molecule has 0 spiro atoms. The molecule has 84 valence electrons. The number of rotatable bonds is 1. The van der Waals surface area contributed by atoms with Crippen molar-refractivity contribution < 1.29 is 4.74 Å². The fraction of sp³-hybridized carbons (Fsp3) is 0.182. The maximum atomic E-state index is 7.20. The molecule has 0 aliphatic carbocycles. The molecule has 0 amide bonds. The second kappa shape index (κ2) is 6.00. The molecule has 0 fully saturated rings. The molecule has 1 aromatic carbocycles. The Kier molecular flexibility index (Phi) is 4.95. The van der Waals surface area contributed by atoms with Gasteiger partial charge in [-0.25, -0.2) is 0 Å². The van der Waals surface area contributed by atoms with Gasteiger partial charge in [-0.3, -0.25) is 5.41 Å². The Balaban J connectivity index is 2.43. The van der Waals surface area contributed by atoms with Crippen LogP contribution in [0.15, 0.2) is 30.3 Å². The highest BCUT2D eigenvalue weighted by Gasteiger charge is 2.28. The molecule has 0 saturated carbocycles. The summed E-state index contributed by atoms with van der Waals surface area (Å²) in [6.07, 6.45) is 2.83. The van der Waals surface area contributed by atoms with E-state index in [4.69, 9.17) is 40.2 Å². The molecule has 0 aromatic heterocycles. The van der Waals surface area contributed by atoms with Crippen LogP contribution in [-0.2, 0) is 11.2 Å². The average Bonchev–Trinajstić information content (AvgIpc) is 2.24. The number of ether oxygens (including phenoxy) is 1. The number of hydrogen-bond donors (Lipinski definition) is 1. The van der Waals surface area contributed by atoms with Crippen LogP contribution in [0.4, 0.5) is 0 Å². The summed E-state index contributed by atoms with van der Waals surface area (Å²) in [5, 5.41) is 7.20. The van der Waals surface area contributed by atoms with Gasteiger partial charge in [-0.15, -0.1) is 0 Å². The number of hydrogen-bond acceptors (Lipinski definition) is 2. The summed E-state index contributed by atoms with van der Waals surface area (Å²) in [6.45, 7) is 0. The summed E-state index contributed by atoms with van der Waals surface area (Å²) in [5.41, 5.74) is 1.05. The topological polar surface area (TPSA) is 33.1 Å². The van der Waals surface area contributed by atoms with Crippen LogP contribution in [0, 0.1) is 17.4 Å². The van der Waals surface area contributed by atoms with Gasteiger partial charge < -0.3 is 4.74 Å². The smallest absolute Gasteiger partial charge is 0.267 e. The van der Waals surface area contributed by atoms with Crippen LogP contribution in [0.25, 0.3) is 0 Å². The van der Waals surface area contributed by atoms with E-state index in [1.807, 2.05) is 30.3 Å². The first-order chi connectivity index (χ1) is 7.50. The van der Waals surface area contributed by atoms with Gasteiger partial charge >= 0.3 is 0 Å². The van der Waals surface area contributed by atoms with Crippen molar-refractivity contribution >= 4 is 40.7 Å². The fourth-order valence-corrected chi connectivity index (χ4v) is 0.995. The predicted molar refractivity (Wildman–Crippen MR) is 67.0 cm³/mol. The third kappa shape index (κ3) is 4.76. The molecular formula is C11H8Cl3NO. The van der Waals surface area contributed by atoms with Gasteiger partial charge in [0.05, 0.1) is 0 Å². The van der Waals surface area contributed by atoms with Crippen LogP contribution < -0.4 is 0 Å². The number of halogens is 3. The Labute approximate surface area is 109 Å². The standard InChI is InChI=1S/C11H8Cl3NO/c12-11(13,14)10(15)16-8-4-7-9-5-2-1-3-6-9/h1-3,5-6,15H,7H2. The van der Waals surface area contributed by atoms with Crippen molar-refractivity contribution in [3.8, 4) is 12.0 Å². The lowest BCUT2D eigenvalue weighted by Crippen LogP contribution is -2.18. The van der Waals surface area contributed by atoms with Crippen molar-refractivity contribution in [2.75, 3.05) is 0 Å². The molecule has 0 atom stereocenters. The average molecular weight is 277 g/mol. The number of alkyl halides is 3. The minimum atomic E-state index is -1.86. The van der Waals surface area contributed by atoms with Gasteiger partial charge in [-0.05, 0) is 5.56 Å². The molecular weight excluding hydrogens is 268 g/mol. The number of nitrogens with one attached hydrogen (secondary N) is 1. The Morgan fingerprint density at radius 2 is 1.88 bits per heavy atom. The van der Waals surface area contributed by atoms with Gasteiger partial charge in [0.15, 0.2) is 0 Å². The van der Waals surface area contributed by atoms with Crippen molar-refractivity contribution in [2.24, 2.45) is 0 Å². The molecule has 0 unspecified atom stereocenters. The second-order valence-electron chi connectivity index (χ2n) is 2.87. The lowest BCUT2D eigenvalue weighted by atomic mass is 10.2. The van der Waals surface area contributed by atoms with Gasteiger partial charge in [0.25, 0.3) is 9.69 Å². The van der Waals surface area contributed by atoms with Gasteiger partial charge in [0, 0.05) is 6.42 Å². The van der Waals surface area contributed by atoms with Crippen LogP contribution >= 0.6 is 34.8 Å². The monoisotopic (exact) mass is 275 g/mol. The molecule has 0 radical (unpaired) electrons. The SMILES string of the molecule is N=C(OC#CCc1ccccc1)C(Cl)(Cl)Cl. The van der Waals surface area contributed by atoms with E-state index in [2.05, 4.69) is 16.8 Å². The maximum Gasteiger partial charge on any atom is 0.267 e. The Bertz CT molecular complexity index is 414. The summed E-state index contributed by atoms with van der Waals surface area (Å²) in [5.74, 6) is 2.21. The summed E-state index contributed by atoms with van der Waals surface area (Å²) in [6, 6.07) is 9.64. The Morgan fingerprint density at radius 1 is 1.25 bits per heavy atom. The highest BCUT2D eigenvalue weighted by atomic mass is 35.6. The van der Waals surface area contributed by atoms with E-state index < -0.39 is 9.69 Å². The van der Waals surface area contributed by atoms with E-state index in [0.717, 1.165) is 5.56 Å². The first-order valence-corrected chi connectivity index (χ1v) is 5.48. The van der Waals surface area contributed by atoms with Crippen LogP contribution in [0.1, 0.15) is 5.56 Å². The molecule has 16 heavy (non-hydrogen) atoms. The lowest BCUT2D eigenvalue weighted by Gasteiger charge is -2.07. The van der Waals surface area contributed by atoms with Crippen LogP contribution in [0.3, 0.4) is 0 Å². The van der Waals surface area contributed by atoms with Gasteiger partial charge in [0.1, 0.15) is 6.11 Å². The molecule has 0 saturated heterocycles. The number of benzene rings is 1. The van der Waals surface area contributed by atoms with Crippen molar-refractivity contribution in [1.29, 1.82) is 5.41 Å². The summed E-state index contributed by atoms with van der Waals surface area (Å²) >= 11 is 16.2. The zero-order chi connectivity index (χ0) is 12.0. The van der Waals surface area contributed by atoms with Crippen LogP contribution in [0.5, 0.6) is 0 Å². The third-order valence-electron chi connectivity index (χ3n) is 1.62. The normalized spacial score (nSPS) is 10.2. The summed E-state index contributed by atoms with van der Waals surface area (Å²) in [4.78, 5) is 0. The van der Waals surface area contributed by atoms with Crippen molar-refractivity contribution in [1.82, 2.24) is 0 Å². The van der Waals surface area contributed by atoms with Crippen molar-refractivity contribution in [2.45, 2.75) is 10.2 Å². The lowest BCUT2D eigenvalue weighted by molar-refractivity contribution is 0.496. The zero-order valence-corrected chi connectivity index (χ0v) is 10.4. The molecule has 2 nitrogen and oxygen atoms in total. The van der Waals surface area contributed by atoms with Gasteiger partial charge in [0.2, 0.25) is 0 Å². The summed E-state index contributed by atoms with van der Waals surface area (Å²) in [7, 11) is 0. The van der Waals surface area contributed by atoms with Crippen molar-refractivity contribution in [3.05, 3.63) is 35.9 Å². The Morgan fingerprint density at radius 3 is 2.44 bits per heavy atom. The highest BCUT2D eigenvalue weighted by molar-refractivity contribution is 6.76. The predicted octanol–water partition coefficient (Wildman–Crippen LogP) is 3.55. The molecule has 0 aliphatic heterocycles. The van der Waals surface area contributed by atoms with Crippen LogP contribution in [-0.4, -0.2) is 9.69 Å². The molecule has 1 N–H and O–H groups in total. The van der Waals surface area contributed by atoms with Gasteiger partial charge in [-0.2, -0.15) is 0 Å². The molecule has 1 aromatic rings. The molecule has 1 rings (SSSR count). The highest BCUT2D eigenvalue weighted by Crippen LogP contribution is 2.27.